The van der Waals surface area contributed by atoms with Gasteiger partial charge < -0.3 is 10.6 Å². The van der Waals surface area contributed by atoms with Crippen LogP contribution in [0, 0.1) is 5.92 Å². The Morgan fingerprint density at radius 2 is 1.79 bits per heavy atom. The summed E-state index contributed by atoms with van der Waals surface area (Å²) in [7, 11) is -3.58. The molecule has 33 heavy (non-hydrogen) atoms. The minimum atomic E-state index is -3.58. The van der Waals surface area contributed by atoms with Crippen molar-refractivity contribution in [1.82, 2.24) is 20.3 Å². The summed E-state index contributed by atoms with van der Waals surface area (Å²) in [4.78, 5) is 26.1. The first-order chi connectivity index (χ1) is 15.7. The second kappa shape index (κ2) is 11.3. The standard InChI is InChI=1S/C24H36N4O4S/c1-4-22-18(3)15-28(23(22)29)24(30)25-14-13-19-7-11-21(12-8-19)33(31,32)27-16-26-20-9-5-17(2)6-10-20/h7-8,11-12,17,20,26-27H,4-6,9-10,13-16H2,1-3H3,(H,25,30). The highest BCUT2D eigenvalue weighted by Gasteiger charge is 2.31. The van der Waals surface area contributed by atoms with Crippen LogP contribution in [0.15, 0.2) is 40.3 Å². The van der Waals surface area contributed by atoms with Gasteiger partial charge in [-0.25, -0.2) is 13.2 Å². The molecule has 0 spiro atoms. The van der Waals surface area contributed by atoms with Crippen molar-refractivity contribution in [2.75, 3.05) is 19.8 Å². The van der Waals surface area contributed by atoms with Gasteiger partial charge in [0.05, 0.1) is 18.1 Å². The number of carbonyl (C=O) groups excluding carboxylic acids is 2. The van der Waals surface area contributed by atoms with Crippen molar-refractivity contribution in [3.63, 3.8) is 0 Å². The molecular weight excluding hydrogens is 440 g/mol. The number of sulfonamides is 1. The Labute approximate surface area is 197 Å². The van der Waals surface area contributed by atoms with Gasteiger partial charge in [-0.1, -0.05) is 26.0 Å². The van der Waals surface area contributed by atoms with Gasteiger partial charge in [0.1, 0.15) is 0 Å². The lowest BCUT2D eigenvalue weighted by Crippen LogP contribution is -2.42. The lowest BCUT2D eigenvalue weighted by Gasteiger charge is -2.27. The van der Waals surface area contributed by atoms with Gasteiger partial charge >= 0.3 is 6.03 Å². The van der Waals surface area contributed by atoms with Crippen molar-refractivity contribution in [3.05, 3.63) is 41.0 Å². The molecular formula is C24H36N4O4S. The molecule has 1 saturated carbocycles. The molecule has 0 saturated heterocycles. The monoisotopic (exact) mass is 476 g/mol. The highest BCUT2D eigenvalue weighted by Crippen LogP contribution is 2.23. The van der Waals surface area contributed by atoms with E-state index in [2.05, 4.69) is 22.3 Å². The molecule has 3 amide bonds. The molecule has 1 aliphatic carbocycles. The zero-order valence-electron chi connectivity index (χ0n) is 19.8. The smallest absolute Gasteiger partial charge is 0.324 e. The van der Waals surface area contributed by atoms with Crippen LogP contribution in [-0.4, -0.2) is 51.1 Å². The van der Waals surface area contributed by atoms with E-state index in [0.717, 1.165) is 29.9 Å². The predicted molar refractivity (Wildman–Crippen MR) is 128 cm³/mol. The molecule has 9 heteroatoms. The first-order valence-electron chi connectivity index (χ1n) is 11.8. The van der Waals surface area contributed by atoms with Crippen LogP contribution >= 0.6 is 0 Å². The minimum absolute atomic E-state index is 0.214. The van der Waals surface area contributed by atoms with Crippen LogP contribution in [-0.2, 0) is 21.2 Å². The normalized spacial score (nSPS) is 21.5. The Hall–Kier alpha value is -2.23. The summed E-state index contributed by atoms with van der Waals surface area (Å²) in [5.41, 5.74) is 2.55. The highest BCUT2D eigenvalue weighted by molar-refractivity contribution is 7.89. The van der Waals surface area contributed by atoms with Gasteiger partial charge in [-0.2, -0.15) is 4.72 Å². The van der Waals surface area contributed by atoms with Gasteiger partial charge in [0.25, 0.3) is 5.91 Å². The van der Waals surface area contributed by atoms with Crippen LogP contribution in [0.1, 0.15) is 58.4 Å². The van der Waals surface area contributed by atoms with Crippen molar-refractivity contribution in [1.29, 1.82) is 0 Å². The summed E-state index contributed by atoms with van der Waals surface area (Å²) >= 11 is 0. The van der Waals surface area contributed by atoms with Crippen LogP contribution in [0.2, 0.25) is 0 Å². The molecule has 3 rings (SSSR count). The summed E-state index contributed by atoms with van der Waals surface area (Å²) in [6.07, 6.45) is 5.67. The van der Waals surface area contributed by atoms with E-state index in [0.29, 0.717) is 37.5 Å². The molecule has 182 valence electrons. The minimum Gasteiger partial charge on any atom is -0.337 e. The van der Waals surface area contributed by atoms with Crippen LogP contribution in [0.25, 0.3) is 0 Å². The first-order valence-corrected chi connectivity index (χ1v) is 13.3. The summed E-state index contributed by atoms with van der Waals surface area (Å²) in [6.45, 7) is 6.95. The average Bonchev–Trinajstić information content (AvgIpc) is 3.08. The van der Waals surface area contributed by atoms with E-state index in [4.69, 9.17) is 0 Å². The largest absolute Gasteiger partial charge is 0.337 e. The molecule has 8 nitrogen and oxygen atoms in total. The molecule has 2 aliphatic rings. The number of nitrogens with zero attached hydrogens (tertiary/aromatic N) is 1. The number of hydrogen-bond acceptors (Lipinski definition) is 5. The number of nitrogens with one attached hydrogen (secondary N) is 3. The van der Waals surface area contributed by atoms with Gasteiger partial charge in [-0.15, -0.1) is 0 Å². The summed E-state index contributed by atoms with van der Waals surface area (Å²) in [6, 6.07) is 6.62. The molecule has 0 radical (unpaired) electrons. The molecule has 1 aromatic carbocycles. The van der Waals surface area contributed by atoms with Gasteiger partial charge in [0.15, 0.2) is 0 Å². The number of urea groups is 1. The highest BCUT2D eigenvalue weighted by atomic mass is 32.2. The molecule has 3 N–H and O–H groups in total. The second-order valence-electron chi connectivity index (χ2n) is 9.12. The maximum absolute atomic E-state index is 12.5. The SMILES string of the molecule is CCC1=C(C)CN(C(=O)NCCc2ccc(S(=O)(=O)NCNC3CCC(C)CC3)cc2)C1=O. The Morgan fingerprint density at radius 3 is 2.39 bits per heavy atom. The van der Waals surface area contributed by atoms with Crippen molar-refractivity contribution in [2.45, 2.75) is 70.2 Å². The number of rotatable bonds is 9. The van der Waals surface area contributed by atoms with Crippen molar-refractivity contribution in [3.8, 4) is 0 Å². The zero-order valence-corrected chi connectivity index (χ0v) is 20.6. The molecule has 0 bridgehead atoms. The van der Waals surface area contributed by atoms with E-state index in [1.165, 1.54) is 17.7 Å². The maximum Gasteiger partial charge on any atom is 0.324 e. The fourth-order valence-corrected chi connectivity index (χ4v) is 5.37. The van der Waals surface area contributed by atoms with Crippen LogP contribution in [0.3, 0.4) is 0 Å². The fraction of sp³-hybridized carbons (Fsp3) is 0.583. The molecule has 1 fully saturated rings. The molecule has 0 unspecified atom stereocenters. The third-order valence-corrected chi connectivity index (χ3v) is 8.02. The fourth-order valence-electron chi connectivity index (χ4n) is 4.44. The number of carbonyl (C=O) groups is 2. The zero-order chi connectivity index (χ0) is 24.0. The van der Waals surface area contributed by atoms with Gasteiger partial charge in [-0.05, 0) is 74.6 Å². The van der Waals surface area contributed by atoms with Crippen molar-refractivity contribution < 1.29 is 18.0 Å². The predicted octanol–water partition coefficient (Wildman–Crippen LogP) is 2.91. The van der Waals surface area contributed by atoms with Gasteiger partial charge in [0.2, 0.25) is 10.0 Å². The number of benzene rings is 1. The third-order valence-electron chi connectivity index (χ3n) is 6.60. The van der Waals surface area contributed by atoms with E-state index in [1.54, 1.807) is 24.3 Å². The summed E-state index contributed by atoms with van der Waals surface area (Å²) in [5.74, 6) is 0.534. The topological polar surface area (TPSA) is 108 Å². The van der Waals surface area contributed by atoms with E-state index < -0.39 is 16.1 Å². The third kappa shape index (κ3) is 6.65. The molecule has 1 aliphatic heterocycles. The molecule has 1 aromatic rings. The Bertz CT molecular complexity index is 980. The van der Waals surface area contributed by atoms with Crippen LogP contribution < -0.4 is 15.4 Å². The average molecular weight is 477 g/mol. The lowest BCUT2D eigenvalue weighted by atomic mass is 9.87. The van der Waals surface area contributed by atoms with E-state index >= 15 is 0 Å². The number of hydrogen-bond donors (Lipinski definition) is 3. The second-order valence-corrected chi connectivity index (χ2v) is 10.9. The van der Waals surface area contributed by atoms with Crippen LogP contribution in [0.4, 0.5) is 4.79 Å². The van der Waals surface area contributed by atoms with E-state index in [1.807, 2.05) is 13.8 Å². The molecule has 0 atom stereocenters. The van der Waals surface area contributed by atoms with Crippen molar-refractivity contribution >= 4 is 22.0 Å². The van der Waals surface area contributed by atoms with E-state index in [9.17, 15) is 18.0 Å². The maximum atomic E-state index is 12.5. The molecule has 0 aromatic heterocycles. The summed E-state index contributed by atoms with van der Waals surface area (Å²) in [5, 5.41) is 6.07. The number of imide groups is 1. The Morgan fingerprint density at radius 1 is 1.12 bits per heavy atom. The summed E-state index contributed by atoms with van der Waals surface area (Å²) < 4.78 is 27.7. The van der Waals surface area contributed by atoms with Gasteiger partial charge in [-0.3, -0.25) is 9.69 Å². The Balaban J connectivity index is 1.42. The van der Waals surface area contributed by atoms with E-state index in [-0.39, 0.29) is 17.5 Å². The van der Waals surface area contributed by atoms with Gasteiger partial charge in [0, 0.05) is 18.2 Å². The quantitative estimate of drug-likeness (QED) is 0.475. The number of amides is 3. The first kappa shape index (κ1) is 25.4. The van der Waals surface area contributed by atoms with Crippen molar-refractivity contribution in [2.24, 2.45) is 5.92 Å². The molecule has 1 heterocycles. The van der Waals surface area contributed by atoms with Crippen LogP contribution in [0.5, 0.6) is 0 Å². The Kier molecular flexibility index (Phi) is 8.67. The lowest BCUT2D eigenvalue weighted by molar-refractivity contribution is -0.123.